The smallest absolute Gasteiger partial charge is 0.319 e. The van der Waals surface area contributed by atoms with Crippen LogP contribution in [0.5, 0.6) is 0 Å². The molecule has 20 heavy (non-hydrogen) atoms. The predicted octanol–water partition coefficient (Wildman–Crippen LogP) is 2.56. The van der Waals surface area contributed by atoms with E-state index in [0.29, 0.717) is 13.2 Å². The number of carbonyl (C=O) groups is 1. The largest absolute Gasteiger partial charge is 0.465 e. The van der Waals surface area contributed by atoms with E-state index in [-0.39, 0.29) is 11.2 Å². The molecule has 104 valence electrons. The number of anilines is 1. The molecule has 5 nitrogen and oxygen atoms in total. The molecule has 1 aliphatic rings. The highest BCUT2D eigenvalue weighted by molar-refractivity contribution is 8.02. The molecule has 3 rings (SSSR count). The predicted molar refractivity (Wildman–Crippen MR) is 78.9 cm³/mol. The van der Waals surface area contributed by atoms with Gasteiger partial charge in [0, 0.05) is 13.0 Å². The molecule has 0 amide bonds. The third-order valence-corrected chi connectivity index (χ3v) is 5.03. The summed E-state index contributed by atoms with van der Waals surface area (Å²) in [5.41, 5.74) is 1.19. The van der Waals surface area contributed by atoms with Gasteiger partial charge in [-0.3, -0.25) is 4.79 Å². The monoisotopic (exact) mass is 307 g/mol. The number of nitrogens with one attached hydrogen (secondary N) is 1. The number of aromatic nitrogens is 2. The molecule has 2 aromatic rings. The van der Waals surface area contributed by atoms with Crippen molar-refractivity contribution in [3.63, 3.8) is 0 Å². The summed E-state index contributed by atoms with van der Waals surface area (Å²) in [6.07, 6.45) is 0.746. The lowest BCUT2D eigenvalue weighted by atomic mass is 10.2. The SMILES string of the molecule is O=C1OCC[C@@H]1Sc1nnc(NCc2ccccc2)s1. The number of ether oxygens (including phenoxy) is 1. The third kappa shape index (κ3) is 3.29. The number of rotatable bonds is 5. The zero-order valence-corrected chi connectivity index (χ0v) is 12.2. The van der Waals surface area contributed by atoms with Crippen LogP contribution in [0, 0.1) is 0 Å². The molecular weight excluding hydrogens is 294 g/mol. The topological polar surface area (TPSA) is 64.1 Å². The van der Waals surface area contributed by atoms with Gasteiger partial charge in [-0.15, -0.1) is 10.2 Å². The number of carbonyl (C=O) groups excluding carboxylic acids is 1. The Kier molecular flexibility index (Phi) is 4.17. The minimum Gasteiger partial charge on any atom is -0.465 e. The van der Waals surface area contributed by atoms with Crippen molar-refractivity contribution < 1.29 is 9.53 Å². The van der Waals surface area contributed by atoms with Gasteiger partial charge in [-0.2, -0.15) is 0 Å². The van der Waals surface area contributed by atoms with Gasteiger partial charge in [0.15, 0.2) is 4.34 Å². The molecule has 0 spiro atoms. The van der Waals surface area contributed by atoms with Crippen LogP contribution in [0.4, 0.5) is 5.13 Å². The Labute approximate surface area is 124 Å². The van der Waals surface area contributed by atoms with E-state index in [4.69, 9.17) is 4.74 Å². The summed E-state index contributed by atoms with van der Waals surface area (Å²) in [5.74, 6) is -0.149. The van der Waals surface area contributed by atoms with Gasteiger partial charge in [0.1, 0.15) is 5.25 Å². The average Bonchev–Trinajstić information content (AvgIpc) is 3.08. The minimum atomic E-state index is -0.149. The standard InChI is InChI=1S/C13H13N3O2S2/c17-11-10(6-7-18-11)19-13-16-15-12(20-13)14-8-9-4-2-1-3-5-9/h1-5,10H,6-8H2,(H,14,15)/t10-/m0/s1. The summed E-state index contributed by atoms with van der Waals surface area (Å²) in [7, 11) is 0. The Bertz CT molecular complexity index is 588. The number of cyclic esters (lactones) is 1. The van der Waals surface area contributed by atoms with E-state index in [1.54, 1.807) is 0 Å². The fraction of sp³-hybridized carbons (Fsp3) is 0.308. The summed E-state index contributed by atoms with van der Waals surface area (Å²) in [5, 5.41) is 12.0. The summed E-state index contributed by atoms with van der Waals surface area (Å²) < 4.78 is 5.73. The summed E-state index contributed by atoms with van der Waals surface area (Å²) in [4.78, 5) is 11.4. The van der Waals surface area contributed by atoms with E-state index in [9.17, 15) is 4.79 Å². The maximum Gasteiger partial charge on any atom is 0.319 e. The minimum absolute atomic E-state index is 0.134. The first kappa shape index (κ1) is 13.4. The van der Waals surface area contributed by atoms with Crippen molar-refractivity contribution in [3.8, 4) is 0 Å². The summed E-state index contributed by atoms with van der Waals surface area (Å²) in [6.45, 7) is 1.22. The third-order valence-electron chi connectivity index (χ3n) is 2.82. The van der Waals surface area contributed by atoms with Crippen molar-refractivity contribution in [2.45, 2.75) is 22.6 Å². The van der Waals surface area contributed by atoms with Gasteiger partial charge in [0.25, 0.3) is 0 Å². The first-order chi connectivity index (χ1) is 9.81. The molecule has 7 heteroatoms. The number of nitrogens with zero attached hydrogens (tertiary/aromatic N) is 2. The van der Waals surface area contributed by atoms with Crippen LogP contribution in [0.2, 0.25) is 0 Å². The second-order valence-electron chi connectivity index (χ2n) is 4.27. The number of hydrogen-bond acceptors (Lipinski definition) is 7. The van der Waals surface area contributed by atoms with Crippen LogP contribution in [0.25, 0.3) is 0 Å². The summed E-state index contributed by atoms with van der Waals surface area (Å²) in [6, 6.07) is 10.1. The molecule has 0 unspecified atom stereocenters. The van der Waals surface area contributed by atoms with Crippen LogP contribution in [0.1, 0.15) is 12.0 Å². The Hall–Kier alpha value is -1.60. The highest BCUT2D eigenvalue weighted by Crippen LogP contribution is 2.33. The van der Waals surface area contributed by atoms with Gasteiger partial charge in [-0.05, 0) is 5.56 Å². The van der Waals surface area contributed by atoms with Gasteiger partial charge < -0.3 is 10.1 Å². The number of hydrogen-bond donors (Lipinski definition) is 1. The lowest BCUT2D eigenvalue weighted by Crippen LogP contribution is -2.08. The number of esters is 1. The molecule has 2 heterocycles. The van der Waals surface area contributed by atoms with Crippen LogP contribution in [-0.4, -0.2) is 28.0 Å². The second-order valence-corrected chi connectivity index (χ2v) is 6.70. The van der Waals surface area contributed by atoms with E-state index >= 15 is 0 Å². The fourth-order valence-corrected chi connectivity index (χ4v) is 3.77. The lowest BCUT2D eigenvalue weighted by molar-refractivity contribution is -0.137. The maximum atomic E-state index is 11.4. The fourth-order valence-electron chi connectivity index (χ4n) is 1.81. The van der Waals surface area contributed by atoms with Crippen LogP contribution in [0.15, 0.2) is 34.7 Å². The Morgan fingerprint density at radius 1 is 1.35 bits per heavy atom. The first-order valence-corrected chi connectivity index (χ1v) is 7.95. The molecule has 1 aromatic carbocycles. The molecule has 0 bridgehead atoms. The molecule has 0 radical (unpaired) electrons. The van der Waals surface area contributed by atoms with Gasteiger partial charge in [0.05, 0.1) is 6.61 Å². The normalized spacial score (nSPS) is 18.0. The van der Waals surface area contributed by atoms with Gasteiger partial charge in [0.2, 0.25) is 5.13 Å². The van der Waals surface area contributed by atoms with Gasteiger partial charge >= 0.3 is 5.97 Å². The Balaban J connectivity index is 1.55. The van der Waals surface area contributed by atoms with E-state index in [1.165, 1.54) is 28.7 Å². The van der Waals surface area contributed by atoms with Crippen LogP contribution >= 0.6 is 23.1 Å². The molecule has 0 saturated carbocycles. The van der Waals surface area contributed by atoms with Crippen molar-refractivity contribution in [2.24, 2.45) is 0 Å². The molecule has 1 N–H and O–H groups in total. The zero-order chi connectivity index (χ0) is 13.8. The van der Waals surface area contributed by atoms with E-state index in [1.807, 2.05) is 18.2 Å². The molecule has 1 fully saturated rings. The van der Waals surface area contributed by atoms with Gasteiger partial charge in [-0.1, -0.05) is 53.4 Å². The quantitative estimate of drug-likeness (QED) is 0.857. The molecule has 1 aliphatic heterocycles. The van der Waals surface area contributed by atoms with Crippen LogP contribution in [0.3, 0.4) is 0 Å². The Morgan fingerprint density at radius 2 is 2.20 bits per heavy atom. The number of thioether (sulfide) groups is 1. The molecule has 0 aliphatic carbocycles. The van der Waals surface area contributed by atoms with Crippen molar-refractivity contribution in [2.75, 3.05) is 11.9 Å². The van der Waals surface area contributed by atoms with E-state index < -0.39 is 0 Å². The van der Waals surface area contributed by atoms with Crippen molar-refractivity contribution in [1.82, 2.24) is 10.2 Å². The zero-order valence-electron chi connectivity index (χ0n) is 10.6. The molecule has 1 aromatic heterocycles. The second kappa shape index (κ2) is 6.23. The number of benzene rings is 1. The summed E-state index contributed by atoms with van der Waals surface area (Å²) >= 11 is 2.90. The van der Waals surface area contributed by atoms with Crippen molar-refractivity contribution in [1.29, 1.82) is 0 Å². The van der Waals surface area contributed by atoms with E-state index in [2.05, 4.69) is 27.6 Å². The average molecular weight is 307 g/mol. The molecular formula is C13H13N3O2S2. The molecule has 1 atom stereocenters. The van der Waals surface area contributed by atoms with Crippen LogP contribution in [-0.2, 0) is 16.1 Å². The van der Waals surface area contributed by atoms with Crippen LogP contribution < -0.4 is 5.32 Å². The van der Waals surface area contributed by atoms with Crippen molar-refractivity contribution in [3.05, 3.63) is 35.9 Å². The maximum absolute atomic E-state index is 11.4. The van der Waals surface area contributed by atoms with E-state index in [0.717, 1.165) is 15.9 Å². The Morgan fingerprint density at radius 3 is 2.95 bits per heavy atom. The first-order valence-electron chi connectivity index (χ1n) is 6.26. The molecule has 1 saturated heterocycles. The lowest BCUT2D eigenvalue weighted by Gasteiger charge is -2.01. The highest BCUT2D eigenvalue weighted by atomic mass is 32.2. The highest BCUT2D eigenvalue weighted by Gasteiger charge is 2.28. The van der Waals surface area contributed by atoms with Crippen molar-refractivity contribution >= 4 is 34.2 Å². The van der Waals surface area contributed by atoms with Gasteiger partial charge in [-0.25, -0.2) is 0 Å².